The van der Waals surface area contributed by atoms with Crippen LogP contribution >= 0.6 is 0 Å². The number of hydrogen-bond donors (Lipinski definition) is 3. The molecule has 0 fully saturated rings. The third-order valence-electron chi connectivity index (χ3n) is 4.30. The minimum absolute atomic E-state index is 0.318. The number of fused-ring (bicyclic) bond motifs is 1. The molecule has 0 bridgehead atoms. The third kappa shape index (κ3) is 3.50. The molecule has 0 saturated heterocycles. The molecule has 0 atom stereocenters. The average Bonchev–Trinajstić information content (AvgIpc) is 3.19. The lowest BCUT2D eigenvalue weighted by molar-refractivity contribution is 0.187. The summed E-state index contributed by atoms with van der Waals surface area (Å²) in [6, 6.07) is 14.2. The molecule has 0 radical (unpaired) electrons. The number of benzene rings is 2. The van der Waals surface area contributed by atoms with Crippen LogP contribution in [0.1, 0.15) is 0 Å². The number of nitrogens with one attached hydrogen (secondary N) is 3. The molecule has 0 unspecified atom stereocenters. The van der Waals surface area contributed by atoms with Gasteiger partial charge in [-0.3, -0.25) is 10.3 Å². The van der Waals surface area contributed by atoms with Crippen molar-refractivity contribution in [3.8, 4) is 11.1 Å². The number of halogens is 1. The number of nitrogens with zero attached hydrogens (tertiary/aromatic N) is 1. The second-order valence-corrected chi connectivity index (χ2v) is 6.14. The molecule has 0 spiro atoms. The van der Waals surface area contributed by atoms with Crippen LogP contribution < -0.4 is 10.6 Å². The van der Waals surface area contributed by atoms with E-state index in [1.165, 1.54) is 13.2 Å². The molecule has 0 saturated carbocycles. The first-order valence-corrected chi connectivity index (χ1v) is 8.57. The number of ether oxygens (including phenoxy) is 1. The third-order valence-corrected chi connectivity index (χ3v) is 4.30. The Labute approximate surface area is 160 Å². The number of methoxy groups -OCH3 is 1. The topological polar surface area (TPSA) is 79.0 Å². The smallest absolute Gasteiger partial charge is 0.411 e. The molecular weight excluding hydrogens is 359 g/mol. The number of amides is 1. The highest BCUT2D eigenvalue weighted by Crippen LogP contribution is 2.34. The maximum Gasteiger partial charge on any atom is 0.411 e. The van der Waals surface area contributed by atoms with Gasteiger partial charge in [-0.05, 0) is 53.6 Å². The van der Waals surface area contributed by atoms with Gasteiger partial charge in [0.1, 0.15) is 5.82 Å². The summed E-state index contributed by atoms with van der Waals surface area (Å²) in [5, 5.41) is 6.70. The predicted octanol–water partition coefficient (Wildman–Crippen LogP) is 5.29. The Balaban J connectivity index is 1.82. The zero-order valence-electron chi connectivity index (χ0n) is 15.0. The van der Waals surface area contributed by atoms with Gasteiger partial charge in [-0.25, -0.2) is 9.18 Å². The van der Waals surface area contributed by atoms with E-state index in [9.17, 15) is 9.18 Å². The maximum atomic E-state index is 14.1. The Hall–Kier alpha value is -3.87. The Bertz CT molecular complexity index is 1140. The fourth-order valence-corrected chi connectivity index (χ4v) is 3.07. The summed E-state index contributed by atoms with van der Waals surface area (Å²) in [6.45, 7) is 0. The van der Waals surface area contributed by atoms with Gasteiger partial charge in [0.25, 0.3) is 0 Å². The zero-order valence-corrected chi connectivity index (χ0v) is 15.0. The van der Waals surface area contributed by atoms with E-state index in [0.29, 0.717) is 11.2 Å². The van der Waals surface area contributed by atoms with E-state index in [1.54, 1.807) is 30.7 Å². The molecule has 7 heteroatoms. The van der Waals surface area contributed by atoms with Crippen molar-refractivity contribution < 1.29 is 13.9 Å². The van der Waals surface area contributed by atoms with Crippen LogP contribution in [0.2, 0.25) is 0 Å². The quantitative estimate of drug-likeness (QED) is 0.452. The molecule has 4 rings (SSSR count). The van der Waals surface area contributed by atoms with Crippen molar-refractivity contribution in [2.75, 3.05) is 17.7 Å². The van der Waals surface area contributed by atoms with E-state index in [0.717, 1.165) is 27.9 Å². The van der Waals surface area contributed by atoms with Crippen molar-refractivity contribution in [3.05, 3.63) is 72.9 Å². The van der Waals surface area contributed by atoms with Crippen LogP contribution in [0.4, 0.5) is 26.2 Å². The van der Waals surface area contributed by atoms with Crippen molar-refractivity contribution in [3.63, 3.8) is 0 Å². The standard InChI is InChI=1S/C21H17FN4O2/c1-28-21(27)26-16-10-13(9-15(11-16)25-14-3-2-7-23-12-14)17-4-5-19(22)20-18(17)6-8-24-20/h2-12,24-25H,1H3,(H,26,27). The zero-order chi connectivity index (χ0) is 19.5. The lowest BCUT2D eigenvalue weighted by Gasteiger charge is -2.13. The van der Waals surface area contributed by atoms with Gasteiger partial charge in [0.2, 0.25) is 0 Å². The number of pyridine rings is 1. The Kier molecular flexibility index (Phi) is 4.63. The Morgan fingerprint density at radius 1 is 1.11 bits per heavy atom. The molecule has 0 aliphatic carbocycles. The first-order chi connectivity index (χ1) is 13.6. The Morgan fingerprint density at radius 3 is 2.75 bits per heavy atom. The lowest BCUT2D eigenvalue weighted by atomic mass is 10.00. The van der Waals surface area contributed by atoms with Gasteiger partial charge in [-0.1, -0.05) is 6.07 Å². The van der Waals surface area contributed by atoms with Crippen molar-refractivity contribution in [2.45, 2.75) is 0 Å². The van der Waals surface area contributed by atoms with Crippen LogP contribution in [0.3, 0.4) is 0 Å². The maximum absolute atomic E-state index is 14.1. The molecule has 140 valence electrons. The minimum Gasteiger partial charge on any atom is -0.453 e. The molecule has 2 aromatic heterocycles. The number of carbonyl (C=O) groups is 1. The number of aromatic nitrogens is 2. The predicted molar refractivity (Wildman–Crippen MR) is 107 cm³/mol. The number of rotatable bonds is 4. The lowest BCUT2D eigenvalue weighted by Crippen LogP contribution is -2.11. The highest BCUT2D eigenvalue weighted by atomic mass is 19.1. The summed E-state index contributed by atoms with van der Waals surface area (Å²) in [5.41, 5.74) is 4.17. The highest BCUT2D eigenvalue weighted by Gasteiger charge is 2.12. The van der Waals surface area contributed by atoms with Crippen LogP contribution in [0.15, 0.2) is 67.1 Å². The van der Waals surface area contributed by atoms with Crippen molar-refractivity contribution in [1.82, 2.24) is 9.97 Å². The molecule has 1 amide bonds. The number of hydrogen-bond acceptors (Lipinski definition) is 4. The summed E-state index contributed by atoms with van der Waals surface area (Å²) in [6.07, 6.45) is 4.51. The van der Waals surface area contributed by atoms with Crippen LogP contribution in [0.5, 0.6) is 0 Å². The number of aromatic amines is 1. The Morgan fingerprint density at radius 2 is 1.96 bits per heavy atom. The highest BCUT2D eigenvalue weighted by molar-refractivity contribution is 5.97. The summed E-state index contributed by atoms with van der Waals surface area (Å²) >= 11 is 0. The van der Waals surface area contributed by atoms with E-state index in [2.05, 4.69) is 20.6 Å². The minimum atomic E-state index is -0.574. The second kappa shape index (κ2) is 7.40. The number of anilines is 3. The molecule has 3 N–H and O–H groups in total. The molecule has 0 aliphatic rings. The molecule has 0 aliphatic heterocycles. The van der Waals surface area contributed by atoms with Crippen molar-refractivity contribution in [1.29, 1.82) is 0 Å². The van der Waals surface area contributed by atoms with Gasteiger partial charge >= 0.3 is 6.09 Å². The molecular formula is C21H17FN4O2. The van der Waals surface area contributed by atoms with E-state index >= 15 is 0 Å². The SMILES string of the molecule is COC(=O)Nc1cc(Nc2cccnc2)cc(-c2ccc(F)c3[nH]ccc23)c1. The molecule has 6 nitrogen and oxygen atoms in total. The summed E-state index contributed by atoms with van der Waals surface area (Å²) < 4.78 is 18.8. The largest absolute Gasteiger partial charge is 0.453 e. The number of H-pyrrole nitrogens is 1. The fraction of sp³-hybridized carbons (Fsp3) is 0.0476. The summed E-state index contributed by atoms with van der Waals surface area (Å²) in [5.74, 6) is -0.318. The average molecular weight is 376 g/mol. The first kappa shape index (κ1) is 17.5. The van der Waals surface area contributed by atoms with Gasteiger partial charge in [-0.15, -0.1) is 0 Å². The molecule has 2 aromatic carbocycles. The van der Waals surface area contributed by atoms with Gasteiger partial charge < -0.3 is 15.0 Å². The van der Waals surface area contributed by atoms with E-state index in [1.807, 2.05) is 30.3 Å². The molecule has 2 heterocycles. The van der Waals surface area contributed by atoms with Gasteiger partial charge in [0, 0.05) is 29.2 Å². The van der Waals surface area contributed by atoms with Gasteiger partial charge in [0.15, 0.2) is 0 Å². The molecule has 28 heavy (non-hydrogen) atoms. The van der Waals surface area contributed by atoms with Crippen LogP contribution in [-0.2, 0) is 4.74 Å². The van der Waals surface area contributed by atoms with Gasteiger partial charge in [-0.2, -0.15) is 0 Å². The number of carbonyl (C=O) groups excluding carboxylic acids is 1. The summed E-state index contributed by atoms with van der Waals surface area (Å²) in [7, 11) is 1.30. The van der Waals surface area contributed by atoms with E-state index < -0.39 is 6.09 Å². The van der Waals surface area contributed by atoms with E-state index in [-0.39, 0.29) is 5.82 Å². The first-order valence-electron chi connectivity index (χ1n) is 8.57. The van der Waals surface area contributed by atoms with Crippen LogP contribution in [-0.4, -0.2) is 23.2 Å². The molecule has 4 aromatic rings. The van der Waals surface area contributed by atoms with Gasteiger partial charge in [0.05, 0.1) is 24.5 Å². The monoisotopic (exact) mass is 376 g/mol. The van der Waals surface area contributed by atoms with Crippen LogP contribution in [0, 0.1) is 5.82 Å². The second-order valence-electron chi connectivity index (χ2n) is 6.14. The van der Waals surface area contributed by atoms with Crippen molar-refractivity contribution in [2.24, 2.45) is 0 Å². The fourth-order valence-electron chi connectivity index (χ4n) is 3.07. The normalized spacial score (nSPS) is 10.6. The van der Waals surface area contributed by atoms with Crippen LogP contribution in [0.25, 0.3) is 22.0 Å². The summed E-state index contributed by atoms with van der Waals surface area (Å²) in [4.78, 5) is 18.7. The van der Waals surface area contributed by atoms with E-state index in [4.69, 9.17) is 4.74 Å². The van der Waals surface area contributed by atoms with Crippen molar-refractivity contribution >= 4 is 34.1 Å².